The molecule has 3 N–H and O–H groups in total. The quantitative estimate of drug-likeness (QED) is 0.274. The average molecular weight is 407 g/mol. The van der Waals surface area contributed by atoms with Crippen LogP contribution in [0.3, 0.4) is 0 Å². The Morgan fingerprint density at radius 2 is 1.73 bits per heavy atom. The molecule has 1 unspecified atom stereocenters. The van der Waals surface area contributed by atoms with Gasteiger partial charge < -0.3 is 23.8 Å². The first kappa shape index (κ1) is 25.0. The number of amides is 2. The van der Waals surface area contributed by atoms with Crippen LogP contribution in [-0.2, 0) is 18.1 Å². The summed E-state index contributed by atoms with van der Waals surface area (Å²) < 4.78 is 11.6. The number of carbonyl (C=O) groups is 2. The Hall–Kier alpha value is -1.05. The highest BCUT2D eigenvalue weighted by molar-refractivity contribution is 6.78. The van der Waals surface area contributed by atoms with E-state index >= 15 is 0 Å². The van der Waals surface area contributed by atoms with Crippen molar-refractivity contribution in [3.05, 3.63) is 12.4 Å². The normalized spacial score (nSPS) is 14.5. The van der Waals surface area contributed by atoms with Gasteiger partial charge >= 0.3 is 17.1 Å². The second-order valence-corrected chi connectivity index (χ2v) is 14.2. The highest BCUT2D eigenvalue weighted by Crippen LogP contribution is 2.25. The number of nitrogens with zero attached hydrogens (tertiary/aromatic N) is 1. The van der Waals surface area contributed by atoms with E-state index in [0.717, 1.165) is 0 Å². The molecule has 0 aromatic heterocycles. The summed E-state index contributed by atoms with van der Waals surface area (Å²) in [6.45, 7) is 15.0. The van der Waals surface area contributed by atoms with Crippen molar-refractivity contribution in [3.63, 3.8) is 0 Å². The molecule has 10 heteroatoms. The molecule has 0 rings (SSSR count). The van der Waals surface area contributed by atoms with E-state index in [9.17, 15) is 19.5 Å². The fourth-order valence-corrected chi connectivity index (χ4v) is 9.50. The van der Waals surface area contributed by atoms with Crippen LogP contribution in [-0.4, -0.2) is 56.1 Å². The van der Waals surface area contributed by atoms with Crippen LogP contribution < -0.4 is 5.32 Å². The lowest BCUT2D eigenvalue weighted by Crippen LogP contribution is -2.52. The van der Waals surface area contributed by atoms with Gasteiger partial charge in [0.25, 0.3) is 0 Å². The van der Waals surface area contributed by atoms with Crippen LogP contribution in [0, 0.1) is 0 Å². The molecule has 0 spiro atoms. The molecule has 0 saturated carbocycles. The van der Waals surface area contributed by atoms with Gasteiger partial charge in [-0.15, -0.1) is 0 Å². The van der Waals surface area contributed by atoms with E-state index in [1.54, 1.807) is 13.1 Å². The van der Waals surface area contributed by atoms with Crippen molar-refractivity contribution in [1.29, 1.82) is 0 Å². The first-order valence-electron chi connectivity index (χ1n) is 8.64. The number of unbranched alkanes of at least 4 members (excludes halogenated alkanes) is 1. The van der Waals surface area contributed by atoms with E-state index in [1.807, 2.05) is 6.55 Å². The summed E-state index contributed by atoms with van der Waals surface area (Å²) in [5, 5.41) is 12.5. The maximum Gasteiger partial charge on any atom is 0.328 e. The summed E-state index contributed by atoms with van der Waals surface area (Å²) >= 11 is 0. The van der Waals surface area contributed by atoms with Crippen LogP contribution in [0.25, 0.3) is 0 Å². The van der Waals surface area contributed by atoms with Crippen molar-refractivity contribution in [2.45, 2.75) is 72.0 Å². The number of carbonyl (C=O) groups excluding carboxylic acids is 2. The van der Waals surface area contributed by atoms with Crippen molar-refractivity contribution in [3.8, 4) is 0 Å². The summed E-state index contributed by atoms with van der Waals surface area (Å²) in [5.74, 6) is -1.61. The van der Waals surface area contributed by atoms with E-state index in [4.69, 9.17) is 8.54 Å². The van der Waals surface area contributed by atoms with Gasteiger partial charge in [0.2, 0.25) is 11.8 Å². The molecule has 0 radical (unpaired) electrons. The average Bonchev–Trinajstić information content (AvgIpc) is 2.31. The molecular formula is C16H34N2O6Si2. The lowest BCUT2D eigenvalue weighted by atomic mass is 10.3. The molecule has 0 aromatic rings. The molecule has 26 heavy (non-hydrogen) atoms. The summed E-state index contributed by atoms with van der Waals surface area (Å²) in [5.41, 5.74) is 0. The number of aliphatic hydroxyl groups is 1. The minimum atomic E-state index is -2.83. The molecule has 8 nitrogen and oxygen atoms in total. The minimum Gasteiger partial charge on any atom is -0.415 e. The molecule has 2 amide bonds. The van der Waals surface area contributed by atoms with Gasteiger partial charge in [0.05, 0.1) is 0 Å². The van der Waals surface area contributed by atoms with Gasteiger partial charge in [-0.3, -0.25) is 14.5 Å². The van der Waals surface area contributed by atoms with Gasteiger partial charge in [0, 0.05) is 20.4 Å². The van der Waals surface area contributed by atoms with Crippen molar-refractivity contribution >= 4 is 28.9 Å². The standard InChI is InChI=1S/C16H34N2O6Si2/c1-13(17-14(2)19)18(15(3)20)11-9-10-12-26(8,23-16(4,5)21)24-25(6,7)22/h21-22H,1,9-12H2,2-8H3,(H,17,19). The molecule has 0 aromatic carbocycles. The second kappa shape index (κ2) is 9.76. The SMILES string of the molecule is C=C(NC(C)=O)N(CCCC[Si](C)(OC(C)(C)O)O[Si](C)(C)O)C(C)=O. The van der Waals surface area contributed by atoms with Crippen LogP contribution in [0.15, 0.2) is 12.4 Å². The highest BCUT2D eigenvalue weighted by atomic mass is 28.5. The third kappa shape index (κ3) is 11.5. The van der Waals surface area contributed by atoms with Crippen molar-refractivity contribution in [2.24, 2.45) is 0 Å². The zero-order valence-electron chi connectivity index (χ0n) is 17.0. The zero-order valence-corrected chi connectivity index (χ0v) is 19.0. The van der Waals surface area contributed by atoms with E-state index in [0.29, 0.717) is 25.4 Å². The van der Waals surface area contributed by atoms with Crippen LogP contribution in [0.2, 0.25) is 25.7 Å². The summed E-state index contributed by atoms with van der Waals surface area (Å²) in [6.07, 6.45) is 1.30. The Labute approximate surface area is 158 Å². The Morgan fingerprint density at radius 3 is 2.12 bits per heavy atom. The van der Waals surface area contributed by atoms with Gasteiger partial charge in [-0.25, -0.2) is 0 Å². The van der Waals surface area contributed by atoms with E-state index < -0.39 is 22.9 Å². The Bertz CT molecular complexity index is 498. The molecule has 1 atom stereocenters. The van der Waals surface area contributed by atoms with Crippen LogP contribution >= 0.6 is 0 Å². The van der Waals surface area contributed by atoms with Gasteiger partial charge in [-0.1, -0.05) is 6.58 Å². The summed E-state index contributed by atoms with van der Waals surface area (Å²) in [6, 6.07) is 0.548. The molecule has 0 heterocycles. The molecule has 0 saturated heterocycles. The van der Waals surface area contributed by atoms with Crippen molar-refractivity contribution in [1.82, 2.24) is 10.2 Å². The summed E-state index contributed by atoms with van der Waals surface area (Å²) in [7, 11) is -5.64. The van der Waals surface area contributed by atoms with Gasteiger partial charge in [0.15, 0.2) is 5.79 Å². The Morgan fingerprint density at radius 1 is 1.19 bits per heavy atom. The topological polar surface area (TPSA) is 108 Å². The second-order valence-electron chi connectivity index (χ2n) is 7.49. The number of hydrogen-bond acceptors (Lipinski definition) is 6. The molecule has 0 fully saturated rings. The van der Waals surface area contributed by atoms with Gasteiger partial charge in [-0.05, 0) is 52.4 Å². The van der Waals surface area contributed by atoms with E-state index in [2.05, 4.69) is 11.9 Å². The lowest BCUT2D eigenvalue weighted by molar-refractivity contribution is -0.127. The van der Waals surface area contributed by atoms with Crippen molar-refractivity contribution in [2.75, 3.05) is 6.54 Å². The molecule has 0 bridgehead atoms. The highest BCUT2D eigenvalue weighted by Gasteiger charge is 2.41. The van der Waals surface area contributed by atoms with E-state index in [1.165, 1.54) is 32.6 Å². The lowest BCUT2D eigenvalue weighted by Gasteiger charge is -2.37. The number of rotatable bonds is 11. The Kier molecular flexibility index (Phi) is 9.37. The van der Waals surface area contributed by atoms with Gasteiger partial charge in [0.1, 0.15) is 5.82 Å². The predicted molar refractivity (Wildman–Crippen MR) is 104 cm³/mol. The van der Waals surface area contributed by atoms with Crippen molar-refractivity contribution < 1.29 is 28.0 Å². The third-order valence-electron chi connectivity index (χ3n) is 3.22. The third-order valence-corrected chi connectivity index (χ3v) is 9.14. The number of hydrogen-bond donors (Lipinski definition) is 3. The Balaban J connectivity index is 4.80. The smallest absolute Gasteiger partial charge is 0.328 e. The number of nitrogens with one attached hydrogen (secondary N) is 1. The van der Waals surface area contributed by atoms with Crippen LogP contribution in [0.1, 0.15) is 40.5 Å². The maximum absolute atomic E-state index is 11.7. The van der Waals surface area contributed by atoms with Gasteiger partial charge in [-0.2, -0.15) is 0 Å². The van der Waals surface area contributed by atoms with Crippen LogP contribution in [0.4, 0.5) is 0 Å². The molecule has 0 aliphatic carbocycles. The first-order valence-corrected chi connectivity index (χ1v) is 14.0. The van der Waals surface area contributed by atoms with E-state index in [-0.39, 0.29) is 17.6 Å². The summed E-state index contributed by atoms with van der Waals surface area (Å²) in [4.78, 5) is 34.4. The zero-order chi connectivity index (χ0) is 20.8. The maximum atomic E-state index is 11.7. The molecule has 152 valence electrons. The first-order chi connectivity index (χ1) is 11.5. The largest absolute Gasteiger partial charge is 0.415 e. The van der Waals surface area contributed by atoms with Crippen LogP contribution in [0.5, 0.6) is 0 Å². The fourth-order valence-electron chi connectivity index (χ4n) is 2.65. The predicted octanol–water partition coefficient (Wildman–Crippen LogP) is 1.75. The molecule has 0 aliphatic rings. The molecule has 0 aliphatic heterocycles. The fraction of sp³-hybridized carbons (Fsp3) is 0.750. The minimum absolute atomic E-state index is 0.211. The monoisotopic (exact) mass is 406 g/mol. The molecular weight excluding hydrogens is 372 g/mol.